The molecule has 6 rings (SSSR count). The van der Waals surface area contributed by atoms with Gasteiger partial charge in [0.05, 0.1) is 6.61 Å². The van der Waals surface area contributed by atoms with Gasteiger partial charge >= 0.3 is 6.18 Å². The highest BCUT2D eigenvalue weighted by Crippen LogP contribution is 2.48. The van der Waals surface area contributed by atoms with Crippen molar-refractivity contribution in [3.8, 4) is 0 Å². The number of nitrogens with zero attached hydrogens (tertiary/aromatic N) is 2. The quantitative estimate of drug-likeness (QED) is 0.431. The lowest BCUT2D eigenvalue weighted by Crippen LogP contribution is -2.63. The molecule has 212 valence electrons. The van der Waals surface area contributed by atoms with Crippen LogP contribution in [-0.2, 0) is 15.7 Å². The monoisotopic (exact) mass is 539 g/mol. The van der Waals surface area contributed by atoms with Crippen molar-refractivity contribution in [2.45, 2.75) is 113 Å². The Morgan fingerprint density at radius 2 is 1.61 bits per heavy atom. The molecule has 38 heavy (non-hydrogen) atoms. The van der Waals surface area contributed by atoms with E-state index in [2.05, 4.69) is 15.3 Å². The molecule has 4 unspecified atom stereocenters. The number of aromatic nitrogens is 2. The molecule has 0 radical (unpaired) electrons. The third kappa shape index (κ3) is 5.43. The lowest BCUT2D eigenvalue weighted by atomic mass is 9.78. The molecule has 0 spiro atoms. The molecule has 3 heterocycles. The molecule has 2 bridgehead atoms. The molecular formula is C28H40F3N3O4. The largest absolute Gasteiger partial charge is 0.451 e. The highest BCUT2D eigenvalue weighted by molar-refractivity contribution is 5.36. The first kappa shape index (κ1) is 26.7. The first-order valence-electron chi connectivity index (χ1n) is 14.5. The first-order chi connectivity index (χ1) is 18.2. The number of aliphatic hydroxyl groups excluding tert-OH is 2. The number of hydrogen-bond donors (Lipinski definition) is 3. The van der Waals surface area contributed by atoms with E-state index >= 15 is 0 Å². The zero-order chi connectivity index (χ0) is 26.5. The maximum Gasteiger partial charge on any atom is 0.451 e. The van der Waals surface area contributed by atoms with Crippen molar-refractivity contribution in [2.75, 3.05) is 11.9 Å². The molecule has 3 saturated carbocycles. The number of aliphatic hydroxyl groups is 2. The van der Waals surface area contributed by atoms with Crippen molar-refractivity contribution in [2.24, 2.45) is 29.6 Å². The predicted octanol–water partition coefficient (Wildman–Crippen LogP) is 4.93. The smallest absolute Gasteiger partial charge is 0.388 e. The second-order valence-electron chi connectivity index (χ2n) is 12.8. The number of anilines is 1. The molecule has 3 N–H and O–H groups in total. The van der Waals surface area contributed by atoms with Gasteiger partial charge in [0, 0.05) is 6.20 Å². The van der Waals surface area contributed by atoms with Gasteiger partial charge in [-0.05, 0) is 67.8 Å². The summed E-state index contributed by atoms with van der Waals surface area (Å²) in [5.41, 5.74) is -0.994. The van der Waals surface area contributed by atoms with E-state index in [0.717, 1.165) is 36.8 Å². The van der Waals surface area contributed by atoms with Crippen LogP contribution in [-0.4, -0.2) is 56.9 Å². The molecule has 1 aromatic rings. The summed E-state index contributed by atoms with van der Waals surface area (Å²) in [4.78, 5) is 6.77. The number of fused-ring (bicyclic) bond motifs is 2. The van der Waals surface area contributed by atoms with E-state index in [4.69, 9.17) is 9.47 Å². The standard InChI is InChI=1S/C28H40F3N3O4/c29-28(30,31)26-32-9-8-21(34-26)33-22-23(35)24(36)27(15-37-25(22)38-27)14-20-7-6-19(13-20)12-18-5-4-17(11-18)10-16-2-1-3-16/h8-9,16-20,22-25,35-36H,1-7,10-15H2,(H,32,33,34)/t17?,18?,19?,20?,22-,23-,24-,25+,27+/m1/s1. The van der Waals surface area contributed by atoms with Crippen molar-refractivity contribution in [3.05, 3.63) is 18.1 Å². The molecule has 5 fully saturated rings. The minimum Gasteiger partial charge on any atom is -0.388 e. The molecule has 2 saturated heterocycles. The van der Waals surface area contributed by atoms with E-state index in [1.54, 1.807) is 0 Å². The average Bonchev–Trinajstić information content (AvgIpc) is 3.59. The maximum atomic E-state index is 13.0. The van der Waals surface area contributed by atoms with Crippen LogP contribution in [0.2, 0.25) is 0 Å². The molecule has 0 aromatic carbocycles. The predicted molar refractivity (Wildman–Crippen MR) is 133 cm³/mol. The normalized spacial score (nSPS) is 41.4. The number of halogens is 3. The maximum absolute atomic E-state index is 13.0. The summed E-state index contributed by atoms with van der Waals surface area (Å²) >= 11 is 0. The molecule has 5 aliphatic rings. The van der Waals surface area contributed by atoms with Crippen LogP contribution in [0.1, 0.15) is 82.9 Å². The van der Waals surface area contributed by atoms with Crippen LogP contribution in [0, 0.1) is 29.6 Å². The van der Waals surface area contributed by atoms with Gasteiger partial charge in [0.1, 0.15) is 29.7 Å². The van der Waals surface area contributed by atoms with Crippen molar-refractivity contribution in [1.82, 2.24) is 9.97 Å². The fraction of sp³-hybridized carbons (Fsp3) is 0.857. The lowest BCUT2D eigenvalue weighted by Gasteiger charge is -2.44. The highest BCUT2D eigenvalue weighted by Gasteiger charge is 2.60. The van der Waals surface area contributed by atoms with E-state index in [0.29, 0.717) is 18.3 Å². The Labute approximate surface area is 221 Å². The minimum atomic E-state index is -4.69. The summed E-state index contributed by atoms with van der Waals surface area (Å²) in [6.07, 6.45) is 8.19. The Balaban J connectivity index is 1.02. The molecular weight excluding hydrogens is 499 g/mol. The van der Waals surface area contributed by atoms with Gasteiger partial charge in [-0.1, -0.05) is 44.9 Å². The second-order valence-corrected chi connectivity index (χ2v) is 12.8. The minimum absolute atomic E-state index is 0.115. The summed E-state index contributed by atoms with van der Waals surface area (Å²) in [5, 5.41) is 24.9. The Kier molecular flexibility index (Phi) is 7.37. The highest BCUT2D eigenvalue weighted by atomic mass is 19.4. The van der Waals surface area contributed by atoms with Crippen LogP contribution in [0.3, 0.4) is 0 Å². The summed E-state index contributed by atoms with van der Waals surface area (Å²) < 4.78 is 51.0. The number of rotatable bonds is 8. The van der Waals surface area contributed by atoms with Crippen LogP contribution in [0.5, 0.6) is 0 Å². The summed E-state index contributed by atoms with van der Waals surface area (Å²) in [6.45, 7) is 0.151. The van der Waals surface area contributed by atoms with E-state index in [-0.39, 0.29) is 12.4 Å². The number of nitrogens with one attached hydrogen (secondary N) is 1. The van der Waals surface area contributed by atoms with Gasteiger partial charge in [-0.3, -0.25) is 0 Å². The topological polar surface area (TPSA) is 96.7 Å². The van der Waals surface area contributed by atoms with Crippen LogP contribution in [0.15, 0.2) is 12.3 Å². The zero-order valence-corrected chi connectivity index (χ0v) is 21.8. The second kappa shape index (κ2) is 10.5. The number of ether oxygens (including phenoxy) is 2. The third-order valence-corrected chi connectivity index (χ3v) is 10.1. The van der Waals surface area contributed by atoms with Gasteiger partial charge in [-0.25, -0.2) is 9.97 Å². The molecule has 9 atom stereocenters. The van der Waals surface area contributed by atoms with Crippen molar-refractivity contribution in [3.63, 3.8) is 0 Å². The Hall–Kier alpha value is -1.49. The molecule has 10 heteroatoms. The van der Waals surface area contributed by atoms with Crippen LogP contribution in [0.25, 0.3) is 0 Å². The fourth-order valence-electron chi connectivity index (χ4n) is 8.00. The zero-order valence-electron chi connectivity index (χ0n) is 21.8. The van der Waals surface area contributed by atoms with Crippen molar-refractivity contribution < 1.29 is 32.9 Å². The van der Waals surface area contributed by atoms with E-state index in [1.807, 2.05) is 0 Å². The SMILES string of the molecule is O[C@@H]1[C@@H](Nc2ccnc(C(F)(F)F)n2)[C@H]2OC[C@](CC3CCC(CC4CCC(CC5CCC5)C4)C3)(O2)[C@@H]1O. The molecule has 3 aliphatic carbocycles. The Morgan fingerprint density at radius 1 is 0.947 bits per heavy atom. The van der Waals surface area contributed by atoms with Gasteiger partial charge in [-0.2, -0.15) is 13.2 Å². The summed E-state index contributed by atoms with van der Waals surface area (Å²) in [7, 11) is 0. The van der Waals surface area contributed by atoms with Crippen LogP contribution < -0.4 is 5.32 Å². The fourth-order valence-corrected chi connectivity index (χ4v) is 8.00. The van der Waals surface area contributed by atoms with Crippen molar-refractivity contribution >= 4 is 5.82 Å². The Bertz CT molecular complexity index is 979. The number of hydrogen-bond acceptors (Lipinski definition) is 7. The summed E-state index contributed by atoms with van der Waals surface area (Å²) in [6, 6.07) is 0.326. The third-order valence-electron chi connectivity index (χ3n) is 10.1. The van der Waals surface area contributed by atoms with E-state index < -0.39 is 42.1 Å². The van der Waals surface area contributed by atoms with Gasteiger partial charge in [0.2, 0.25) is 5.82 Å². The number of alkyl halides is 3. The van der Waals surface area contributed by atoms with Gasteiger partial charge in [0.15, 0.2) is 6.29 Å². The van der Waals surface area contributed by atoms with Gasteiger partial charge in [-0.15, -0.1) is 0 Å². The lowest BCUT2D eigenvalue weighted by molar-refractivity contribution is -0.220. The van der Waals surface area contributed by atoms with E-state index in [9.17, 15) is 23.4 Å². The first-order valence-corrected chi connectivity index (χ1v) is 14.5. The van der Waals surface area contributed by atoms with Gasteiger partial charge in [0.25, 0.3) is 0 Å². The van der Waals surface area contributed by atoms with E-state index in [1.165, 1.54) is 63.9 Å². The van der Waals surface area contributed by atoms with Crippen LogP contribution in [0.4, 0.5) is 19.0 Å². The molecule has 0 amide bonds. The van der Waals surface area contributed by atoms with Crippen LogP contribution >= 0.6 is 0 Å². The van der Waals surface area contributed by atoms with Gasteiger partial charge < -0.3 is 25.0 Å². The molecule has 1 aromatic heterocycles. The van der Waals surface area contributed by atoms with Crippen molar-refractivity contribution in [1.29, 1.82) is 0 Å². The Morgan fingerprint density at radius 3 is 2.26 bits per heavy atom. The average molecular weight is 540 g/mol. The molecule has 2 aliphatic heterocycles. The molecule has 7 nitrogen and oxygen atoms in total. The summed E-state index contributed by atoms with van der Waals surface area (Å²) in [5.74, 6) is 2.50.